The van der Waals surface area contributed by atoms with E-state index in [4.69, 9.17) is 0 Å². The highest BCUT2D eigenvalue weighted by atomic mass is 32.1. The molecule has 0 amide bonds. The van der Waals surface area contributed by atoms with Gasteiger partial charge in [-0.3, -0.25) is 0 Å². The van der Waals surface area contributed by atoms with E-state index >= 15 is 0 Å². The van der Waals surface area contributed by atoms with E-state index < -0.39 is 0 Å². The van der Waals surface area contributed by atoms with Gasteiger partial charge in [-0.15, -0.1) is 11.3 Å². The van der Waals surface area contributed by atoms with Crippen molar-refractivity contribution in [3.8, 4) is 39.1 Å². The third-order valence-electron chi connectivity index (χ3n) is 14.4. The average molecular weight is 877 g/mol. The Balaban J connectivity index is 0.975. The number of hydrogen-bond donors (Lipinski definition) is 0. The number of aromatic nitrogens is 1. The van der Waals surface area contributed by atoms with Gasteiger partial charge in [0, 0.05) is 53.6 Å². The van der Waals surface area contributed by atoms with Gasteiger partial charge in [-0.25, -0.2) is 0 Å². The van der Waals surface area contributed by atoms with Crippen molar-refractivity contribution >= 4 is 81.1 Å². The Kier molecular flexibility index (Phi) is 9.83. The van der Waals surface area contributed by atoms with Crippen molar-refractivity contribution in [2.24, 2.45) is 0 Å². The first kappa shape index (κ1) is 39.6. The van der Waals surface area contributed by atoms with E-state index in [1.54, 1.807) is 0 Å². The second kappa shape index (κ2) is 16.6. The minimum Gasteiger partial charge on any atom is -0.310 e. The molecule has 12 aromatic rings. The zero-order valence-electron chi connectivity index (χ0n) is 37.3. The maximum Gasteiger partial charge on any atom is 0.0547 e. The summed E-state index contributed by atoms with van der Waals surface area (Å²) in [5.41, 5.74) is 15.9. The summed E-state index contributed by atoms with van der Waals surface area (Å²) in [6.45, 7) is 0. The van der Waals surface area contributed by atoms with Crippen LogP contribution in [0, 0.1) is 0 Å². The monoisotopic (exact) mass is 876 g/mol. The molecule has 2 aromatic heterocycles. The molecule has 0 N–H and O–H groups in total. The Morgan fingerprint density at radius 1 is 0.403 bits per heavy atom. The van der Waals surface area contributed by atoms with Crippen LogP contribution in [0.4, 0.5) is 17.1 Å². The molecular weight excluding hydrogens is 829 g/mol. The van der Waals surface area contributed by atoms with E-state index in [9.17, 15) is 0 Å². The molecule has 0 bridgehead atoms. The molecule has 10 aromatic carbocycles. The van der Waals surface area contributed by atoms with Gasteiger partial charge in [0.25, 0.3) is 0 Å². The Morgan fingerprint density at radius 2 is 0.985 bits per heavy atom. The third-order valence-corrected chi connectivity index (χ3v) is 15.6. The molecule has 0 aliphatic heterocycles. The van der Waals surface area contributed by atoms with Crippen LogP contribution in [0.3, 0.4) is 0 Å². The predicted octanol–water partition coefficient (Wildman–Crippen LogP) is 18.8. The molecule has 0 unspecified atom stereocenters. The van der Waals surface area contributed by atoms with Crippen molar-refractivity contribution in [1.82, 2.24) is 4.57 Å². The third kappa shape index (κ3) is 6.76. The Hall–Kier alpha value is -7.72. The van der Waals surface area contributed by atoms with E-state index in [1.165, 1.54) is 129 Å². The van der Waals surface area contributed by atoms with Gasteiger partial charge in [-0.05, 0) is 124 Å². The van der Waals surface area contributed by atoms with Crippen LogP contribution in [0.5, 0.6) is 0 Å². The molecule has 1 aliphatic rings. The predicted molar refractivity (Wildman–Crippen MR) is 288 cm³/mol. The van der Waals surface area contributed by atoms with E-state index in [0.717, 1.165) is 17.1 Å². The van der Waals surface area contributed by atoms with E-state index in [2.05, 4.69) is 234 Å². The van der Waals surface area contributed by atoms with Crippen molar-refractivity contribution in [2.75, 3.05) is 4.90 Å². The molecule has 320 valence electrons. The summed E-state index contributed by atoms with van der Waals surface area (Å²) < 4.78 is 5.06. The number of anilines is 3. The summed E-state index contributed by atoms with van der Waals surface area (Å²) in [4.78, 5) is 2.48. The second-order valence-electron chi connectivity index (χ2n) is 18.2. The number of thiophene rings is 1. The second-order valence-corrected chi connectivity index (χ2v) is 19.3. The number of benzene rings is 10. The highest BCUT2D eigenvalue weighted by Crippen LogP contribution is 2.48. The smallest absolute Gasteiger partial charge is 0.0547 e. The number of para-hydroxylation sites is 3. The van der Waals surface area contributed by atoms with Gasteiger partial charge in [0.2, 0.25) is 0 Å². The normalized spacial score (nSPS) is 13.3. The van der Waals surface area contributed by atoms with Crippen LogP contribution >= 0.6 is 11.3 Å². The van der Waals surface area contributed by atoms with E-state index in [-0.39, 0.29) is 0 Å². The fourth-order valence-electron chi connectivity index (χ4n) is 11.3. The van der Waals surface area contributed by atoms with E-state index in [0.29, 0.717) is 5.92 Å². The zero-order valence-corrected chi connectivity index (χ0v) is 38.1. The summed E-state index contributed by atoms with van der Waals surface area (Å²) in [5.74, 6) is 0.582. The Labute approximate surface area is 395 Å². The molecule has 0 saturated heterocycles. The highest BCUT2D eigenvalue weighted by Gasteiger charge is 2.24. The molecule has 0 spiro atoms. The standard InChI is InChI=1S/C64H48N2S/c1-3-17-43(18-4-1)50-26-13-19-46-20-14-29-55(62(46)50)53-23-7-10-31-58(53)65(49-41-37-45(38-42-49)52-28-15-30-56-54-24-9-12-34-61(54)67-64(52)56)48-39-35-44(36-40-48)51-27-16-33-60-63(51)57-25-8-11-32-59(57)66(60)47-21-5-2-6-22-47/h2,5-16,19-43H,1,3-4,17-18H2. The Bertz CT molecular complexity index is 3770. The van der Waals surface area contributed by atoms with Crippen LogP contribution in [0.15, 0.2) is 224 Å². The van der Waals surface area contributed by atoms with Gasteiger partial charge in [0.15, 0.2) is 0 Å². The van der Waals surface area contributed by atoms with Crippen LogP contribution in [0.25, 0.3) is 91.8 Å². The minimum atomic E-state index is 0.582. The van der Waals surface area contributed by atoms with Gasteiger partial charge in [0.1, 0.15) is 0 Å². The van der Waals surface area contributed by atoms with Crippen LogP contribution in [0.2, 0.25) is 0 Å². The molecule has 1 aliphatic carbocycles. The maximum absolute atomic E-state index is 2.48. The first-order valence-corrected chi connectivity index (χ1v) is 24.7. The minimum absolute atomic E-state index is 0.582. The lowest BCUT2D eigenvalue weighted by atomic mass is 9.80. The fraction of sp³-hybridized carbons (Fsp3) is 0.0938. The molecule has 0 radical (unpaired) electrons. The molecule has 1 fully saturated rings. The summed E-state index contributed by atoms with van der Waals surface area (Å²) >= 11 is 1.89. The number of nitrogens with zero attached hydrogens (tertiary/aromatic N) is 2. The molecular formula is C64H48N2S. The zero-order chi connectivity index (χ0) is 44.3. The van der Waals surface area contributed by atoms with Crippen molar-refractivity contribution < 1.29 is 0 Å². The topological polar surface area (TPSA) is 8.17 Å². The molecule has 67 heavy (non-hydrogen) atoms. The van der Waals surface area contributed by atoms with Gasteiger partial charge in [-0.2, -0.15) is 0 Å². The summed E-state index contributed by atoms with van der Waals surface area (Å²) in [5, 5.41) is 7.88. The summed E-state index contributed by atoms with van der Waals surface area (Å²) in [7, 11) is 0. The van der Waals surface area contributed by atoms with Crippen LogP contribution < -0.4 is 4.90 Å². The van der Waals surface area contributed by atoms with Crippen molar-refractivity contribution in [2.45, 2.75) is 38.0 Å². The quantitative estimate of drug-likeness (QED) is 0.148. The number of hydrogen-bond acceptors (Lipinski definition) is 2. The van der Waals surface area contributed by atoms with E-state index in [1.807, 2.05) is 11.3 Å². The lowest BCUT2D eigenvalue weighted by molar-refractivity contribution is 0.445. The maximum atomic E-state index is 2.48. The molecule has 1 saturated carbocycles. The first-order chi connectivity index (χ1) is 33.3. The molecule has 2 nitrogen and oxygen atoms in total. The number of rotatable bonds is 8. The average Bonchev–Trinajstić information content (AvgIpc) is 3.96. The first-order valence-electron chi connectivity index (χ1n) is 23.9. The lowest BCUT2D eigenvalue weighted by Crippen LogP contribution is -2.11. The Morgan fingerprint density at radius 3 is 1.79 bits per heavy atom. The number of fused-ring (bicyclic) bond motifs is 7. The molecule has 2 heterocycles. The van der Waals surface area contributed by atoms with Crippen LogP contribution in [0.1, 0.15) is 43.6 Å². The van der Waals surface area contributed by atoms with Gasteiger partial charge < -0.3 is 9.47 Å². The molecule has 3 heteroatoms. The van der Waals surface area contributed by atoms with Crippen molar-refractivity contribution in [1.29, 1.82) is 0 Å². The molecule has 0 atom stereocenters. The van der Waals surface area contributed by atoms with Crippen LogP contribution in [-0.2, 0) is 0 Å². The summed E-state index contributed by atoms with van der Waals surface area (Å²) in [6, 6.07) is 83.4. The fourth-order valence-corrected chi connectivity index (χ4v) is 12.6. The van der Waals surface area contributed by atoms with Crippen molar-refractivity contribution in [3.05, 3.63) is 230 Å². The SMILES string of the molecule is c1ccc(-n2c3ccccc3c3c(-c4ccc(N(c5ccc(-c6cccc7c6sc6ccccc67)cc5)c5ccccc5-c5cccc6cccc(C7CCCCC7)c56)cc4)cccc32)cc1. The van der Waals surface area contributed by atoms with Crippen LogP contribution in [-0.4, -0.2) is 4.57 Å². The van der Waals surface area contributed by atoms with Gasteiger partial charge >= 0.3 is 0 Å². The van der Waals surface area contributed by atoms with Gasteiger partial charge in [-0.1, -0.05) is 183 Å². The lowest BCUT2D eigenvalue weighted by Gasteiger charge is -2.29. The molecule has 13 rings (SSSR count). The highest BCUT2D eigenvalue weighted by molar-refractivity contribution is 7.26. The van der Waals surface area contributed by atoms with Crippen molar-refractivity contribution in [3.63, 3.8) is 0 Å². The van der Waals surface area contributed by atoms with Gasteiger partial charge in [0.05, 0.1) is 16.7 Å². The largest absolute Gasteiger partial charge is 0.310 e. The summed E-state index contributed by atoms with van der Waals surface area (Å²) in [6.07, 6.45) is 6.47.